The van der Waals surface area contributed by atoms with E-state index in [9.17, 15) is 14.0 Å². The number of nitrogens with one attached hydrogen (secondary N) is 1. The fraction of sp³-hybridized carbons (Fsp3) is 0.333. The summed E-state index contributed by atoms with van der Waals surface area (Å²) in [6, 6.07) is 18.6. The number of benzene rings is 3. The quantitative estimate of drug-likeness (QED) is 0.494. The molecule has 41 heavy (non-hydrogen) atoms. The average molecular weight is 583 g/mol. The molecule has 1 saturated heterocycles. The molecular formula is C30H32ClFN4O5. The highest BCUT2D eigenvalue weighted by molar-refractivity contribution is 6.31. The summed E-state index contributed by atoms with van der Waals surface area (Å²) in [7, 11) is 0. The van der Waals surface area contributed by atoms with Gasteiger partial charge in [-0.05, 0) is 54.6 Å². The van der Waals surface area contributed by atoms with Gasteiger partial charge in [0.15, 0.2) is 17.2 Å². The van der Waals surface area contributed by atoms with Crippen molar-refractivity contribution < 1.29 is 28.2 Å². The third-order valence-electron chi connectivity index (χ3n) is 6.87. The van der Waals surface area contributed by atoms with Crippen LogP contribution in [0, 0.1) is 5.82 Å². The second kappa shape index (κ2) is 13.7. The van der Waals surface area contributed by atoms with Crippen molar-refractivity contribution in [2.24, 2.45) is 0 Å². The Morgan fingerprint density at radius 2 is 1.63 bits per heavy atom. The van der Waals surface area contributed by atoms with Crippen LogP contribution in [0.5, 0.6) is 17.2 Å². The third-order valence-corrected chi connectivity index (χ3v) is 7.11. The first-order valence-electron chi connectivity index (χ1n) is 13.5. The molecular weight excluding hydrogens is 551 g/mol. The monoisotopic (exact) mass is 582 g/mol. The lowest BCUT2D eigenvalue weighted by molar-refractivity contribution is -0.133. The Hall–Kier alpha value is -3.86. The molecule has 0 aromatic heterocycles. The maximum absolute atomic E-state index is 13.3. The van der Waals surface area contributed by atoms with Crippen molar-refractivity contribution in [1.82, 2.24) is 9.80 Å². The largest absolute Gasteiger partial charge is 0.487 e. The minimum atomic E-state index is -0.314. The fourth-order valence-electron chi connectivity index (χ4n) is 4.73. The highest BCUT2D eigenvalue weighted by Gasteiger charge is 2.24. The molecule has 2 heterocycles. The molecule has 0 atom stereocenters. The van der Waals surface area contributed by atoms with Gasteiger partial charge in [-0.2, -0.15) is 0 Å². The summed E-state index contributed by atoms with van der Waals surface area (Å²) in [6.07, 6.45) is 0. The Balaban J connectivity index is 1.24. The van der Waals surface area contributed by atoms with Crippen molar-refractivity contribution in [2.75, 3.05) is 75.9 Å². The molecule has 11 heteroatoms. The molecule has 3 aromatic rings. The van der Waals surface area contributed by atoms with Gasteiger partial charge in [0.05, 0.1) is 32.0 Å². The van der Waals surface area contributed by atoms with Gasteiger partial charge in [0, 0.05) is 43.4 Å². The van der Waals surface area contributed by atoms with E-state index in [1.165, 1.54) is 12.1 Å². The van der Waals surface area contributed by atoms with E-state index in [4.69, 9.17) is 25.8 Å². The molecule has 0 radical (unpaired) electrons. The predicted octanol–water partition coefficient (Wildman–Crippen LogP) is 4.27. The van der Waals surface area contributed by atoms with Crippen molar-refractivity contribution in [1.29, 1.82) is 0 Å². The van der Waals surface area contributed by atoms with E-state index in [0.29, 0.717) is 80.5 Å². The minimum Gasteiger partial charge on any atom is -0.487 e. The number of carbonyl (C=O) groups excluding carboxylic acids is 2. The van der Waals surface area contributed by atoms with E-state index < -0.39 is 0 Å². The molecule has 0 spiro atoms. The van der Waals surface area contributed by atoms with Gasteiger partial charge in [-0.3, -0.25) is 14.5 Å². The maximum atomic E-state index is 13.3. The van der Waals surface area contributed by atoms with Crippen LogP contribution in [0.2, 0.25) is 5.02 Å². The van der Waals surface area contributed by atoms with Gasteiger partial charge in [0.1, 0.15) is 12.4 Å². The summed E-state index contributed by atoms with van der Waals surface area (Å²) in [5.74, 6) is 0.786. The highest BCUT2D eigenvalue weighted by Crippen LogP contribution is 2.36. The van der Waals surface area contributed by atoms with Gasteiger partial charge in [-0.15, -0.1) is 0 Å². The number of halogens is 2. The lowest BCUT2D eigenvalue weighted by atomic mass is 10.2. The molecule has 2 amide bonds. The van der Waals surface area contributed by atoms with Crippen LogP contribution in [0.1, 0.15) is 0 Å². The molecule has 0 aliphatic carbocycles. The number of rotatable bonds is 3. The predicted molar refractivity (Wildman–Crippen MR) is 155 cm³/mol. The van der Waals surface area contributed by atoms with Crippen LogP contribution < -0.4 is 19.7 Å². The van der Waals surface area contributed by atoms with Crippen molar-refractivity contribution in [3.05, 3.63) is 77.6 Å². The summed E-state index contributed by atoms with van der Waals surface area (Å²) in [5.41, 5.74) is 1.33. The summed E-state index contributed by atoms with van der Waals surface area (Å²) < 4.78 is 31.0. The molecule has 216 valence electrons. The van der Waals surface area contributed by atoms with E-state index in [2.05, 4.69) is 10.2 Å². The van der Waals surface area contributed by atoms with Crippen LogP contribution in [0.15, 0.2) is 66.7 Å². The van der Waals surface area contributed by atoms with Gasteiger partial charge in [-0.25, -0.2) is 4.39 Å². The number of amides is 2. The van der Waals surface area contributed by atoms with E-state index >= 15 is 0 Å². The summed E-state index contributed by atoms with van der Waals surface area (Å²) in [4.78, 5) is 32.1. The normalized spacial score (nSPS) is 17.2. The fourth-order valence-corrected chi connectivity index (χ4v) is 4.90. The molecule has 0 bridgehead atoms. The smallest absolute Gasteiger partial charge is 0.238 e. The molecule has 0 unspecified atom stereocenters. The topological polar surface area (TPSA) is 83.6 Å². The molecule has 5 rings (SSSR count). The Kier molecular flexibility index (Phi) is 9.55. The first-order valence-corrected chi connectivity index (χ1v) is 13.9. The Labute approximate surface area is 243 Å². The molecule has 9 nitrogen and oxygen atoms in total. The van der Waals surface area contributed by atoms with Gasteiger partial charge >= 0.3 is 0 Å². The van der Waals surface area contributed by atoms with E-state index in [1.54, 1.807) is 52.3 Å². The molecule has 2 aliphatic rings. The van der Waals surface area contributed by atoms with E-state index in [-0.39, 0.29) is 30.7 Å². The summed E-state index contributed by atoms with van der Waals surface area (Å²) >= 11 is 6.23. The number of anilines is 2. The molecule has 1 fully saturated rings. The molecule has 1 N–H and O–H groups in total. The lowest BCUT2D eigenvalue weighted by Gasteiger charge is -2.37. The zero-order valence-corrected chi connectivity index (χ0v) is 23.3. The maximum Gasteiger partial charge on any atom is 0.238 e. The van der Waals surface area contributed by atoms with Crippen LogP contribution in [0.25, 0.3) is 0 Å². The van der Waals surface area contributed by atoms with Crippen LogP contribution in [0.4, 0.5) is 15.8 Å². The zero-order chi connectivity index (χ0) is 28.6. The number of ether oxygens (including phenoxy) is 3. The van der Waals surface area contributed by atoms with Crippen LogP contribution in [-0.2, 0) is 14.3 Å². The Morgan fingerprint density at radius 1 is 0.878 bits per heavy atom. The van der Waals surface area contributed by atoms with Crippen molar-refractivity contribution >= 4 is 34.8 Å². The number of nitrogens with zero attached hydrogens (tertiary/aromatic N) is 3. The number of fused-ring (bicyclic) bond motifs is 2. The zero-order valence-electron chi connectivity index (χ0n) is 22.6. The first-order chi connectivity index (χ1) is 19.9. The van der Waals surface area contributed by atoms with E-state index in [0.717, 1.165) is 5.69 Å². The SMILES string of the molecule is O=C1CN(CC(=O)N2CCN(c3ccc(F)cc3)CC2)CCOCCOc2ccccc2Oc2ccc(Cl)cc2N1. The Bertz CT molecular complexity index is 1350. The van der Waals surface area contributed by atoms with Crippen LogP contribution in [0.3, 0.4) is 0 Å². The second-order valence-corrected chi connectivity index (χ2v) is 10.2. The average Bonchev–Trinajstić information content (AvgIpc) is 2.97. The Morgan fingerprint density at radius 3 is 2.41 bits per heavy atom. The molecule has 0 saturated carbocycles. The van der Waals surface area contributed by atoms with Gasteiger partial charge in [-0.1, -0.05) is 23.7 Å². The second-order valence-electron chi connectivity index (χ2n) is 9.75. The molecule has 2 aliphatic heterocycles. The van der Waals surface area contributed by atoms with Gasteiger partial charge in [0.25, 0.3) is 0 Å². The highest BCUT2D eigenvalue weighted by atomic mass is 35.5. The third kappa shape index (κ3) is 7.87. The lowest BCUT2D eigenvalue weighted by Crippen LogP contribution is -2.52. The first kappa shape index (κ1) is 28.7. The van der Waals surface area contributed by atoms with Gasteiger partial charge in [0.2, 0.25) is 11.8 Å². The van der Waals surface area contributed by atoms with Gasteiger partial charge < -0.3 is 29.3 Å². The van der Waals surface area contributed by atoms with Crippen molar-refractivity contribution in [3.8, 4) is 17.2 Å². The standard InChI is InChI=1S/C30H32ClFN4O5/c31-22-5-10-26-25(19-22)33-29(37)20-34(15-16-39-17-18-40-27-3-1-2-4-28(27)41-26)21-30(38)36-13-11-35(12-14-36)24-8-6-23(32)7-9-24/h1-10,19H,11-18,20-21H2,(H,33,37). The van der Waals surface area contributed by atoms with E-state index in [1.807, 2.05) is 12.1 Å². The molecule has 3 aromatic carbocycles. The summed E-state index contributed by atoms with van der Waals surface area (Å²) in [5, 5.41) is 3.32. The summed E-state index contributed by atoms with van der Waals surface area (Å²) in [6.45, 7) is 3.73. The number of piperazine rings is 1. The van der Waals surface area contributed by atoms with Crippen LogP contribution >= 0.6 is 11.6 Å². The number of hydrogen-bond donors (Lipinski definition) is 1. The number of carbonyl (C=O) groups is 2. The number of hydrogen-bond acceptors (Lipinski definition) is 7. The van der Waals surface area contributed by atoms with Crippen molar-refractivity contribution in [3.63, 3.8) is 0 Å². The van der Waals surface area contributed by atoms with Crippen molar-refractivity contribution in [2.45, 2.75) is 0 Å². The minimum absolute atomic E-state index is 0.0241. The van der Waals surface area contributed by atoms with Crippen LogP contribution in [-0.4, -0.2) is 87.2 Å². The number of para-hydroxylation sites is 2.